The summed E-state index contributed by atoms with van der Waals surface area (Å²) in [5.74, 6) is -3.23. The van der Waals surface area contributed by atoms with Crippen molar-refractivity contribution in [3.63, 3.8) is 0 Å². The molecular formula is C28H34F4N4O3. The molecular weight excluding hydrogens is 516 g/mol. The molecule has 0 bridgehead atoms. The first kappa shape index (κ1) is 28.7. The number of amides is 1. The second-order valence-electron chi connectivity index (χ2n) is 10.5. The van der Waals surface area contributed by atoms with Crippen LogP contribution in [0.1, 0.15) is 60.0 Å². The van der Waals surface area contributed by atoms with Crippen LogP contribution in [-0.2, 0) is 6.54 Å². The highest BCUT2D eigenvalue weighted by Gasteiger charge is 2.32. The number of alkyl halides is 4. The third kappa shape index (κ3) is 6.46. The number of H-pyrrole nitrogens is 1. The molecule has 1 aliphatic heterocycles. The van der Waals surface area contributed by atoms with Crippen molar-refractivity contribution in [2.75, 3.05) is 19.6 Å². The maximum absolute atomic E-state index is 13.5. The van der Waals surface area contributed by atoms with E-state index in [4.69, 9.17) is 0 Å². The van der Waals surface area contributed by atoms with Crippen molar-refractivity contribution in [2.24, 2.45) is 5.92 Å². The van der Waals surface area contributed by atoms with Crippen LogP contribution in [0.15, 0.2) is 35.1 Å². The fourth-order valence-electron chi connectivity index (χ4n) is 5.71. The minimum atomic E-state index is -3.12. The number of aryl methyl sites for hydroxylation is 1. The van der Waals surface area contributed by atoms with E-state index in [0.717, 1.165) is 36.4 Å². The second-order valence-corrected chi connectivity index (χ2v) is 10.5. The summed E-state index contributed by atoms with van der Waals surface area (Å²) in [6, 6.07) is 8.79. The van der Waals surface area contributed by atoms with Crippen molar-refractivity contribution < 1.29 is 27.1 Å². The van der Waals surface area contributed by atoms with Crippen molar-refractivity contribution in [2.45, 2.75) is 65.7 Å². The minimum absolute atomic E-state index is 0.00623. The van der Waals surface area contributed by atoms with Crippen LogP contribution >= 0.6 is 0 Å². The molecule has 1 fully saturated rings. The van der Waals surface area contributed by atoms with Gasteiger partial charge in [0.1, 0.15) is 5.75 Å². The van der Waals surface area contributed by atoms with Crippen LogP contribution < -0.4 is 15.6 Å². The van der Waals surface area contributed by atoms with E-state index in [0.29, 0.717) is 24.3 Å². The lowest BCUT2D eigenvalue weighted by Gasteiger charge is -2.37. The third-order valence-electron chi connectivity index (χ3n) is 7.48. The molecule has 7 nitrogen and oxygen atoms in total. The van der Waals surface area contributed by atoms with Crippen molar-refractivity contribution in [3.8, 4) is 5.75 Å². The number of likely N-dealkylation sites (tertiary alicyclic amines) is 1. The number of nitrogens with one attached hydrogen (secondary N) is 2. The number of ether oxygens (including phenoxy) is 1. The summed E-state index contributed by atoms with van der Waals surface area (Å²) < 4.78 is 59.4. The Bertz CT molecular complexity index is 1390. The Kier molecular flexibility index (Phi) is 8.39. The second kappa shape index (κ2) is 11.4. The van der Waals surface area contributed by atoms with Gasteiger partial charge in [-0.05, 0) is 58.7 Å². The van der Waals surface area contributed by atoms with E-state index < -0.39 is 24.0 Å². The van der Waals surface area contributed by atoms with Crippen molar-refractivity contribution in [3.05, 3.63) is 63.2 Å². The van der Waals surface area contributed by atoms with Crippen LogP contribution in [0.25, 0.3) is 10.9 Å². The lowest BCUT2D eigenvalue weighted by Crippen LogP contribution is -2.41. The van der Waals surface area contributed by atoms with Gasteiger partial charge in [-0.15, -0.1) is 0 Å². The van der Waals surface area contributed by atoms with Gasteiger partial charge in [-0.1, -0.05) is 18.2 Å². The highest BCUT2D eigenvalue weighted by molar-refractivity contribution is 6.08. The summed E-state index contributed by atoms with van der Waals surface area (Å²) in [4.78, 5) is 30.2. The van der Waals surface area contributed by atoms with Crippen LogP contribution in [0.3, 0.4) is 0 Å². The number of pyridine rings is 1. The lowest BCUT2D eigenvalue weighted by atomic mass is 9.89. The molecule has 0 radical (unpaired) electrons. The summed E-state index contributed by atoms with van der Waals surface area (Å²) in [6.45, 7) is 3.90. The molecule has 1 atom stereocenters. The highest BCUT2D eigenvalue weighted by Crippen LogP contribution is 2.36. The number of para-hydroxylation sites is 1. The Hall–Kier alpha value is -3.34. The largest absolute Gasteiger partial charge is 0.434 e. The number of rotatable bonds is 9. The predicted octanol–water partition coefficient (Wildman–Crippen LogP) is 5.41. The average molecular weight is 551 g/mol. The van der Waals surface area contributed by atoms with Gasteiger partial charge in [0.25, 0.3) is 17.4 Å². The summed E-state index contributed by atoms with van der Waals surface area (Å²) in [5.41, 5.74) is 1.66. The summed E-state index contributed by atoms with van der Waals surface area (Å²) in [6.07, 6.45) is 1.52. The summed E-state index contributed by atoms with van der Waals surface area (Å²) in [5, 5.41) is 3.43. The van der Waals surface area contributed by atoms with Crippen LogP contribution in [0.5, 0.6) is 5.75 Å². The molecule has 4 rings (SSSR count). The fourth-order valence-corrected chi connectivity index (χ4v) is 5.71. The molecule has 0 saturated carbocycles. The Balaban J connectivity index is 1.58. The maximum atomic E-state index is 13.5. The number of aromatic nitrogens is 2. The first-order valence-electron chi connectivity index (χ1n) is 13.0. The van der Waals surface area contributed by atoms with Gasteiger partial charge in [0.05, 0.1) is 24.2 Å². The lowest BCUT2D eigenvalue weighted by molar-refractivity contribution is -0.0506. The molecule has 2 N–H and O–H groups in total. The van der Waals surface area contributed by atoms with Crippen molar-refractivity contribution in [1.82, 2.24) is 19.8 Å². The third-order valence-corrected chi connectivity index (χ3v) is 7.48. The highest BCUT2D eigenvalue weighted by atomic mass is 19.3. The van der Waals surface area contributed by atoms with Gasteiger partial charge in [-0.3, -0.25) is 14.5 Å². The number of nitrogens with zero attached hydrogens (tertiary/aromatic N) is 2. The van der Waals surface area contributed by atoms with E-state index in [9.17, 15) is 27.2 Å². The van der Waals surface area contributed by atoms with Gasteiger partial charge >= 0.3 is 6.61 Å². The number of carbonyl (C=O) groups excluding carboxylic acids is 1. The number of hydrogen-bond donors (Lipinski definition) is 2. The fraction of sp³-hybridized carbons (Fsp3) is 0.500. The van der Waals surface area contributed by atoms with E-state index >= 15 is 0 Å². The molecule has 3 aromatic rings. The summed E-state index contributed by atoms with van der Waals surface area (Å²) >= 11 is 0. The number of hydrogen-bond acceptors (Lipinski definition) is 4. The monoisotopic (exact) mass is 550 g/mol. The molecule has 0 unspecified atom stereocenters. The first-order chi connectivity index (χ1) is 18.4. The molecule has 1 aliphatic rings. The van der Waals surface area contributed by atoms with E-state index in [2.05, 4.69) is 26.5 Å². The molecule has 1 aromatic carbocycles. The van der Waals surface area contributed by atoms with Crippen molar-refractivity contribution >= 4 is 16.8 Å². The molecule has 0 spiro atoms. The minimum Gasteiger partial charge on any atom is -0.434 e. The Morgan fingerprint density at radius 1 is 1.21 bits per heavy atom. The SMILES string of the molecule is Cc1cc(OC(F)F)c(CNC(=O)c2c(C)n([C@H](C)C3CCN(CC(C)(F)F)CC3)c3ccccc23)c(=O)[nH]1. The number of benzene rings is 1. The van der Waals surface area contributed by atoms with Gasteiger partial charge < -0.3 is 19.6 Å². The molecule has 1 amide bonds. The van der Waals surface area contributed by atoms with Crippen LogP contribution in [0.4, 0.5) is 17.6 Å². The average Bonchev–Trinajstić information content (AvgIpc) is 3.13. The molecule has 0 aliphatic carbocycles. The van der Waals surface area contributed by atoms with Gasteiger partial charge in [-0.2, -0.15) is 8.78 Å². The maximum Gasteiger partial charge on any atom is 0.387 e. The summed E-state index contributed by atoms with van der Waals surface area (Å²) in [7, 11) is 0. The Morgan fingerprint density at radius 3 is 2.51 bits per heavy atom. The molecule has 2 aromatic heterocycles. The van der Waals surface area contributed by atoms with Gasteiger partial charge in [-0.25, -0.2) is 8.78 Å². The number of fused-ring (bicyclic) bond motifs is 1. The smallest absolute Gasteiger partial charge is 0.387 e. The quantitative estimate of drug-likeness (QED) is 0.350. The van der Waals surface area contributed by atoms with Gasteiger partial charge in [0.15, 0.2) is 0 Å². The zero-order valence-electron chi connectivity index (χ0n) is 22.5. The van der Waals surface area contributed by atoms with Gasteiger partial charge in [0, 0.05) is 41.3 Å². The normalized spacial score (nSPS) is 16.1. The number of halogens is 4. The zero-order valence-corrected chi connectivity index (χ0v) is 22.5. The molecule has 3 heterocycles. The van der Waals surface area contributed by atoms with E-state index in [1.165, 1.54) is 6.07 Å². The molecule has 212 valence electrons. The number of carbonyl (C=O) groups is 1. The van der Waals surface area contributed by atoms with E-state index in [1.807, 2.05) is 31.2 Å². The van der Waals surface area contributed by atoms with E-state index in [1.54, 1.807) is 11.8 Å². The molecule has 11 heteroatoms. The Labute approximate surface area is 224 Å². The van der Waals surface area contributed by atoms with E-state index in [-0.39, 0.29) is 36.4 Å². The first-order valence-corrected chi connectivity index (χ1v) is 13.0. The zero-order chi connectivity index (χ0) is 28.5. The number of piperidine rings is 1. The van der Waals surface area contributed by atoms with Crippen LogP contribution in [-0.4, -0.2) is 52.5 Å². The molecule has 1 saturated heterocycles. The Morgan fingerprint density at radius 2 is 1.87 bits per heavy atom. The predicted molar refractivity (Wildman–Crippen MR) is 141 cm³/mol. The topological polar surface area (TPSA) is 79.4 Å². The van der Waals surface area contributed by atoms with Crippen molar-refractivity contribution in [1.29, 1.82) is 0 Å². The standard InChI is InChI=1S/C28H34F4N4O3/c1-16-13-23(39-27(29)30)21(25(37)34-16)14-33-26(38)24-18(3)36(22-8-6-5-7-20(22)24)17(2)19-9-11-35(12-10-19)15-28(4,31)32/h5-8,13,17,19,27H,9-12,14-15H2,1-4H3,(H,33,38)(H,34,37)/t17-/m1/s1. The molecule has 39 heavy (non-hydrogen) atoms. The van der Waals surface area contributed by atoms with Crippen LogP contribution in [0, 0.1) is 19.8 Å². The number of aromatic amines is 1. The van der Waals surface area contributed by atoms with Gasteiger partial charge in [0.2, 0.25) is 0 Å². The van der Waals surface area contributed by atoms with Crippen LogP contribution in [0.2, 0.25) is 0 Å².